The molecule has 1 aliphatic heterocycles. The molecule has 1 heterocycles. The number of carbonyl (C=O) groups is 1. The van der Waals surface area contributed by atoms with Crippen molar-refractivity contribution in [3.05, 3.63) is 35.4 Å². The third kappa shape index (κ3) is 5.76. The fourth-order valence-corrected chi connectivity index (χ4v) is 3.07. The third-order valence-corrected chi connectivity index (χ3v) is 4.70. The molecule has 5 heteroatoms. The summed E-state index contributed by atoms with van der Waals surface area (Å²) in [5, 5.41) is 6.81. The number of hydrogen-bond donors (Lipinski definition) is 2. The van der Waals surface area contributed by atoms with Crippen molar-refractivity contribution in [3.8, 4) is 0 Å². The number of amides is 1. The van der Waals surface area contributed by atoms with Crippen LogP contribution < -0.4 is 10.6 Å². The smallest absolute Gasteiger partial charge is 0.222 e. The van der Waals surface area contributed by atoms with E-state index < -0.39 is 0 Å². The van der Waals surface area contributed by atoms with Crippen LogP contribution in [0, 0.1) is 6.92 Å². The minimum Gasteiger partial charge on any atom is -0.357 e. The van der Waals surface area contributed by atoms with Gasteiger partial charge in [0.05, 0.1) is 0 Å². The normalized spacial score (nSPS) is 19.0. The molecule has 1 aromatic carbocycles. The van der Waals surface area contributed by atoms with Crippen molar-refractivity contribution in [2.24, 2.45) is 4.99 Å². The Balaban J connectivity index is 1.92. The molecule has 0 spiro atoms. The summed E-state index contributed by atoms with van der Waals surface area (Å²) in [6, 6.07) is 8.94. The molecule has 0 bridgehead atoms. The van der Waals surface area contributed by atoms with Gasteiger partial charge in [-0.25, -0.2) is 0 Å². The maximum absolute atomic E-state index is 11.8. The second kappa shape index (κ2) is 9.44. The minimum atomic E-state index is 0.235. The molecular weight excluding hydrogens is 312 g/mol. The fraction of sp³-hybridized carbons (Fsp3) is 0.600. The van der Waals surface area contributed by atoms with Gasteiger partial charge < -0.3 is 15.5 Å². The van der Waals surface area contributed by atoms with Gasteiger partial charge in [0, 0.05) is 44.6 Å². The predicted octanol–water partition coefficient (Wildman–Crippen LogP) is 2.66. The Morgan fingerprint density at radius 2 is 2.04 bits per heavy atom. The van der Waals surface area contributed by atoms with Crippen molar-refractivity contribution in [1.29, 1.82) is 0 Å². The molecule has 2 N–H and O–H groups in total. The first-order valence-electron chi connectivity index (χ1n) is 9.42. The van der Waals surface area contributed by atoms with E-state index in [1.54, 1.807) is 0 Å². The fourth-order valence-electron chi connectivity index (χ4n) is 3.07. The van der Waals surface area contributed by atoms with Crippen LogP contribution in [0.25, 0.3) is 0 Å². The molecule has 0 aliphatic carbocycles. The number of nitrogens with one attached hydrogen (secondary N) is 2. The molecule has 0 radical (unpaired) electrons. The van der Waals surface area contributed by atoms with Crippen molar-refractivity contribution in [2.45, 2.75) is 52.5 Å². The first-order chi connectivity index (χ1) is 12.0. The number of nitrogens with zero attached hydrogens (tertiary/aromatic N) is 2. The molecule has 1 aromatic rings. The Morgan fingerprint density at radius 3 is 2.68 bits per heavy atom. The van der Waals surface area contributed by atoms with Crippen LogP contribution in [0.3, 0.4) is 0 Å². The summed E-state index contributed by atoms with van der Waals surface area (Å²) in [7, 11) is 0. The van der Waals surface area contributed by atoms with Crippen LogP contribution in [0.4, 0.5) is 0 Å². The van der Waals surface area contributed by atoms with Gasteiger partial charge in [-0.05, 0) is 25.8 Å². The zero-order valence-electron chi connectivity index (χ0n) is 16.0. The van der Waals surface area contributed by atoms with Crippen molar-refractivity contribution in [3.63, 3.8) is 0 Å². The van der Waals surface area contributed by atoms with Crippen LogP contribution in [0.2, 0.25) is 0 Å². The topological polar surface area (TPSA) is 56.7 Å². The van der Waals surface area contributed by atoms with E-state index in [1.807, 2.05) is 11.8 Å². The van der Waals surface area contributed by atoms with Gasteiger partial charge in [-0.1, -0.05) is 43.7 Å². The van der Waals surface area contributed by atoms with Gasteiger partial charge in [-0.2, -0.15) is 0 Å². The average Bonchev–Trinajstić information content (AvgIpc) is 3.08. The van der Waals surface area contributed by atoms with E-state index in [4.69, 9.17) is 4.99 Å². The Morgan fingerprint density at radius 1 is 1.32 bits per heavy atom. The highest BCUT2D eigenvalue weighted by molar-refractivity contribution is 5.80. The quantitative estimate of drug-likeness (QED) is 0.616. The summed E-state index contributed by atoms with van der Waals surface area (Å²) in [6.45, 7) is 11.5. The summed E-state index contributed by atoms with van der Waals surface area (Å²) in [5.41, 5.74) is 2.59. The van der Waals surface area contributed by atoms with E-state index in [-0.39, 0.29) is 11.9 Å². The highest BCUT2D eigenvalue weighted by Gasteiger charge is 2.25. The van der Waals surface area contributed by atoms with E-state index in [2.05, 4.69) is 55.7 Å². The SMILES string of the molecule is CCNC(=NCC(C)c1ccc(C)cc1)NC1CCN(C(=O)CC)C1. The number of carbonyl (C=O) groups excluding carboxylic acids is 1. The predicted molar refractivity (Wildman–Crippen MR) is 104 cm³/mol. The summed E-state index contributed by atoms with van der Waals surface area (Å²) < 4.78 is 0. The Bertz CT molecular complexity index is 582. The molecule has 1 saturated heterocycles. The van der Waals surface area contributed by atoms with E-state index in [0.29, 0.717) is 12.3 Å². The lowest BCUT2D eigenvalue weighted by atomic mass is 10.0. The molecule has 5 nitrogen and oxygen atoms in total. The van der Waals surface area contributed by atoms with Crippen LogP contribution >= 0.6 is 0 Å². The standard InChI is InChI=1S/C20H32N4O/c1-5-19(25)24-12-11-18(14-24)23-20(21-6-2)22-13-16(4)17-9-7-15(3)8-10-17/h7-10,16,18H,5-6,11-14H2,1-4H3,(H2,21,22,23). The van der Waals surface area contributed by atoms with Gasteiger partial charge in [0.15, 0.2) is 5.96 Å². The highest BCUT2D eigenvalue weighted by Crippen LogP contribution is 2.16. The molecule has 0 saturated carbocycles. The average molecular weight is 345 g/mol. The van der Waals surface area contributed by atoms with Gasteiger partial charge in [0.1, 0.15) is 0 Å². The van der Waals surface area contributed by atoms with E-state index in [1.165, 1.54) is 11.1 Å². The summed E-state index contributed by atoms with van der Waals surface area (Å²) in [6.07, 6.45) is 1.55. The lowest BCUT2D eigenvalue weighted by Crippen LogP contribution is -2.45. The second-order valence-corrected chi connectivity index (χ2v) is 6.85. The molecule has 2 atom stereocenters. The third-order valence-electron chi connectivity index (χ3n) is 4.70. The number of hydrogen-bond acceptors (Lipinski definition) is 2. The lowest BCUT2D eigenvalue weighted by molar-refractivity contribution is -0.129. The van der Waals surface area contributed by atoms with Crippen LogP contribution in [-0.4, -0.2) is 49.0 Å². The molecule has 1 amide bonds. The van der Waals surface area contributed by atoms with E-state index in [0.717, 1.165) is 38.6 Å². The lowest BCUT2D eigenvalue weighted by Gasteiger charge is -2.19. The van der Waals surface area contributed by atoms with Crippen LogP contribution in [0.15, 0.2) is 29.3 Å². The molecule has 138 valence electrons. The molecule has 2 unspecified atom stereocenters. The molecular formula is C20H32N4O. The van der Waals surface area contributed by atoms with Crippen molar-refractivity contribution in [2.75, 3.05) is 26.2 Å². The van der Waals surface area contributed by atoms with E-state index in [9.17, 15) is 4.79 Å². The monoisotopic (exact) mass is 344 g/mol. The maximum Gasteiger partial charge on any atom is 0.222 e. The Hall–Kier alpha value is -2.04. The molecule has 0 aromatic heterocycles. The van der Waals surface area contributed by atoms with E-state index >= 15 is 0 Å². The largest absolute Gasteiger partial charge is 0.357 e. The van der Waals surface area contributed by atoms with Crippen LogP contribution in [0.5, 0.6) is 0 Å². The van der Waals surface area contributed by atoms with Gasteiger partial charge in [-0.3, -0.25) is 9.79 Å². The zero-order valence-corrected chi connectivity index (χ0v) is 16.0. The number of guanidine groups is 1. The summed E-state index contributed by atoms with van der Waals surface area (Å²) in [4.78, 5) is 18.5. The Kier molecular flexibility index (Phi) is 7.29. The summed E-state index contributed by atoms with van der Waals surface area (Å²) >= 11 is 0. The van der Waals surface area contributed by atoms with Crippen molar-refractivity contribution < 1.29 is 4.79 Å². The van der Waals surface area contributed by atoms with Crippen LogP contribution in [0.1, 0.15) is 50.7 Å². The van der Waals surface area contributed by atoms with Gasteiger partial charge in [-0.15, -0.1) is 0 Å². The second-order valence-electron chi connectivity index (χ2n) is 6.85. The minimum absolute atomic E-state index is 0.235. The summed E-state index contributed by atoms with van der Waals surface area (Å²) in [5.74, 6) is 1.45. The molecule has 2 rings (SSSR count). The highest BCUT2D eigenvalue weighted by atomic mass is 16.2. The molecule has 25 heavy (non-hydrogen) atoms. The van der Waals surface area contributed by atoms with Gasteiger partial charge in [0.2, 0.25) is 5.91 Å². The van der Waals surface area contributed by atoms with Crippen molar-refractivity contribution in [1.82, 2.24) is 15.5 Å². The van der Waals surface area contributed by atoms with Crippen LogP contribution in [-0.2, 0) is 4.79 Å². The number of likely N-dealkylation sites (tertiary alicyclic amines) is 1. The van der Waals surface area contributed by atoms with Crippen molar-refractivity contribution >= 4 is 11.9 Å². The molecule has 1 aliphatic rings. The maximum atomic E-state index is 11.8. The van der Waals surface area contributed by atoms with Gasteiger partial charge in [0.25, 0.3) is 0 Å². The number of aliphatic imine (C=N–C) groups is 1. The molecule has 1 fully saturated rings. The number of rotatable bonds is 6. The van der Waals surface area contributed by atoms with Gasteiger partial charge >= 0.3 is 0 Å². The first-order valence-corrected chi connectivity index (χ1v) is 9.42. The number of benzene rings is 1. The first kappa shape index (κ1) is 19.3. The number of aryl methyl sites for hydroxylation is 1. The Labute approximate surface area is 151 Å². The zero-order chi connectivity index (χ0) is 18.2.